The molecule has 17 amide bonds. The maximum absolute atomic E-state index is 15.8. The normalized spacial score (nSPS) is 24.3. The number of guanidine groups is 1. The number of aromatic nitrogens is 4. The van der Waals surface area contributed by atoms with E-state index in [4.69, 9.17) is 22.6 Å². The third kappa shape index (κ3) is 29.1. The number of unbranched alkanes of at least 4 members (excludes halogenated alkanes) is 2. The van der Waals surface area contributed by atoms with E-state index in [1.807, 2.05) is 13.8 Å². The van der Waals surface area contributed by atoms with E-state index in [0.717, 1.165) is 31.8 Å². The van der Waals surface area contributed by atoms with E-state index in [1.54, 1.807) is 74.8 Å². The van der Waals surface area contributed by atoms with Gasteiger partial charge in [-0.05, 0) is 124 Å². The molecule has 3 aliphatic heterocycles. The molecule has 2 fully saturated rings. The average molecular weight is 1870 g/mol. The number of carbonyl (C=O) groups excluding carboxylic acids is 17. The summed E-state index contributed by atoms with van der Waals surface area (Å²) in [5.74, 6) is -16.6. The molecule has 43 heteroatoms. The molecule has 23 N–H and O–H groups in total. The molecule has 0 radical (unpaired) electrons. The maximum atomic E-state index is 15.8. The molecule has 3 aliphatic rings. The van der Waals surface area contributed by atoms with Crippen molar-refractivity contribution in [1.29, 1.82) is 5.41 Å². The summed E-state index contributed by atoms with van der Waals surface area (Å²) in [6.45, 7) is 6.60. The monoisotopic (exact) mass is 1870 g/mol. The van der Waals surface area contributed by atoms with Gasteiger partial charge in [0.05, 0.1) is 25.9 Å². The Hall–Kier alpha value is -14.3. The van der Waals surface area contributed by atoms with Gasteiger partial charge < -0.3 is 125 Å². The molecule has 43 nitrogen and oxygen atoms in total. The number of hydrogen-bond donors (Lipinski definition) is 20. The van der Waals surface area contributed by atoms with Crippen molar-refractivity contribution in [2.75, 3.05) is 53.9 Å². The van der Waals surface area contributed by atoms with Crippen molar-refractivity contribution in [1.82, 2.24) is 103 Å². The predicted octanol–water partition coefficient (Wildman–Crippen LogP) is -1.69. The number of imidazole rings is 1. The summed E-state index contributed by atoms with van der Waals surface area (Å²) in [4.78, 5) is 269. The minimum Gasteiger partial charge on any atom is -0.508 e. The third-order valence-corrected chi connectivity index (χ3v) is 24.4. The molecule has 9 rings (SSSR count). The first-order valence-electron chi connectivity index (χ1n) is 45.6. The van der Waals surface area contributed by atoms with Gasteiger partial charge in [-0.3, -0.25) is 86.9 Å². The summed E-state index contributed by atoms with van der Waals surface area (Å²) in [5, 5.41) is 59.8. The first-order chi connectivity index (χ1) is 64.4. The second-order valence-corrected chi connectivity index (χ2v) is 34.8. The van der Waals surface area contributed by atoms with Crippen molar-refractivity contribution >= 4 is 128 Å². The Bertz CT molecular complexity index is 5250. The van der Waals surface area contributed by atoms with E-state index in [1.165, 1.54) is 69.8 Å². The number of fused-ring (bicyclic) bond motifs is 4. The summed E-state index contributed by atoms with van der Waals surface area (Å²) in [7, 11) is 3.91. The van der Waals surface area contributed by atoms with E-state index in [9.17, 15) is 53.4 Å². The summed E-state index contributed by atoms with van der Waals surface area (Å²) in [5.41, 5.74) is 19.9. The molecule has 14 atom stereocenters. The zero-order chi connectivity index (χ0) is 98.4. The van der Waals surface area contributed by atoms with Gasteiger partial charge in [0.1, 0.15) is 90.3 Å². The lowest BCUT2D eigenvalue weighted by atomic mass is 10.00. The van der Waals surface area contributed by atoms with Crippen LogP contribution in [0.15, 0.2) is 110 Å². The summed E-state index contributed by atoms with van der Waals surface area (Å²) >= 11 is 0. The van der Waals surface area contributed by atoms with Gasteiger partial charge in [-0.2, -0.15) is 0 Å². The number of phenols is 1. The number of hydrogen-bond acceptors (Lipinski definition) is 21. The van der Waals surface area contributed by atoms with E-state index >= 15 is 38.4 Å². The fraction of sp³-hybridized carbons (Fsp3) is 0.511. The standard InChI is InChI=1S/C92H128N24O19/c1-9-11-27-71-84(128)105-63(26-18-36-98-92(95)96)80(124)104-62(79(123)101-48-76(94)120)25-17-31-77(121)103-67(40-53-32-34-57(118)35-33-53)87(131)112(6)52(5)78(122)108-69(44-75(93)119)90(134)116-38-20-30-73(116)86(130)107-65(43-56-47-97-50-102-56)82(126)109-66(39-51(3)4)89(133)115-37-19-29-72(115)85(129)106-64(41-54-45-99-60-23-15-13-21-58(54)60)81(125)111-70(49-117)83(127)110-68(42-55-46-100-61-24-16-14-22-59(55)61)88(132)114(8)74(28-12-10-2)91(135)113(71)7/h13-17,21-24,31-35,45-47,50-52,62-74,99-100,117-118H,9-12,18-20,25-30,36-44,48-49H2,1-8H3,(H2,93,119)(H2,94,120)(H,97,102)(H,101,123)(H,103,121)(H,104,124)(H,105,128)(H,106,129)(H,107,130)(H,108,122)(H,109,126)(H,110,127)(H,111,125)(H4,95,96,98)/b31-17+/t52-,62-,63-,64-,65-,66-,67-,68-,69-,70-,71-,72-,73-,74-/m0/s1. The van der Waals surface area contributed by atoms with Gasteiger partial charge in [-0.1, -0.05) is 108 Å². The molecule has 135 heavy (non-hydrogen) atoms. The maximum Gasteiger partial charge on any atom is 0.246 e. The number of amides is 17. The van der Waals surface area contributed by atoms with E-state index in [-0.39, 0.29) is 115 Å². The average Bonchev–Trinajstić information content (AvgIpc) is 1.75. The van der Waals surface area contributed by atoms with Gasteiger partial charge in [0.15, 0.2) is 5.96 Å². The number of aromatic hydroxyl groups is 1. The first-order valence-corrected chi connectivity index (χ1v) is 45.6. The fourth-order valence-corrected chi connectivity index (χ4v) is 16.9. The highest BCUT2D eigenvalue weighted by atomic mass is 16.3. The number of nitrogens with one attached hydrogen (secondary N) is 15. The SMILES string of the molecule is CCCC[C@H]1C(=O)N(C)[C@@H](CCCC)C(=O)N[C@@H](CCCNC(=N)N)C(=O)N[C@H](C(=O)NCC(N)=O)C/C=C/C(=O)N[C@@H](Cc2ccc(O)cc2)C(=O)N(C)[C@@H](C)C(=O)N[C@@H](CC(N)=O)C(=O)N2CCC[C@H]2C(=O)N[C@@H](Cc2cnc[nH]2)C(=O)N[C@@H](CC(C)C)C(=O)N2CCC[C@H]2C(=O)N[C@@H](Cc2c[nH]c3ccccc23)C(=O)N[C@@H](CO)C(=O)N[C@@H](Cc2c[nH]c3ccccc23)C(=O)N1C. The Labute approximate surface area is 780 Å². The molecule has 730 valence electrons. The highest BCUT2D eigenvalue weighted by Crippen LogP contribution is 2.28. The topological polar surface area (TPSA) is 641 Å². The van der Waals surface area contributed by atoms with Gasteiger partial charge in [0.2, 0.25) is 100 Å². The lowest BCUT2D eigenvalue weighted by molar-refractivity contribution is -0.149. The Morgan fingerprint density at radius 3 is 1.58 bits per heavy atom. The second-order valence-electron chi connectivity index (χ2n) is 34.8. The number of nitrogens with two attached hydrogens (primary N) is 3. The lowest BCUT2D eigenvalue weighted by Gasteiger charge is -2.36. The van der Waals surface area contributed by atoms with Crippen molar-refractivity contribution < 1.29 is 91.7 Å². The molecule has 0 saturated carbocycles. The number of para-hydroxylation sites is 2. The molecular weight excluding hydrogens is 1750 g/mol. The quantitative estimate of drug-likeness (QED) is 0.0164. The highest BCUT2D eigenvalue weighted by Gasteiger charge is 2.46. The Balaban J connectivity index is 1.11. The molecule has 0 bridgehead atoms. The first kappa shape index (κ1) is 104. The van der Waals surface area contributed by atoms with Crippen molar-refractivity contribution in [3.63, 3.8) is 0 Å². The number of aromatic amines is 3. The van der Waals surface area contributed by atoms with Gasteiger partial charge in [-0.15, -0.1) is 0 Å². The van der Waals surface area contributed by atoms with Crippen molar-refractivity contribution in [3.05, 3.63) is 132 Å². The van der Waals surface area contributed by atoms with Gasteiger partial charge in [-0.25, -0.2) is 4.98 Å². The zero-order valence-corrected chi connectivity index (χ0v) is 77.3. The fourth-order valence-electron chi connectivity index (χ4n) is 16.9. The van der Waals surface area contributed by atoms with Crippen LogP contribution in [-0.4, -0.2) is 300 Å². The molecule has 0 aliphatic carbocycles. The molecular formula is C92H128N24O19. The molecule has 0 spiro atoms. The molecule has 6 heterocycles. The summed E-state index contributed by atoms with van der Waals surface area (Å²) in [6, 6.07) is -1.58. The van der Waals surface area contributed by atoms with Crippen LogP contribution >= 0.6 is 0 Å². The van der Waals surface area contributed by atoms with Crippen LogP contribution in [0.5, 0.6) is 5.75 Å². The molecule has 2 saturated heterocycles. The summed E-state index contributed by atoms with van der Waals surface area (Å²) in [6.07, 6.45) is 7.62. The van der Waals surface area contributed by atoms with Gasteiger partial charge in [0.25, 0.3) is 0 Å². The molecule has 0 unspecified atom stereocenters. The second kappa shape index (κ2) is 50.0. The Morgan fingerprint density at radius 1 is 0.519 bits per heavy atom. The van der Waals surface area contributed by atoms with Crippen molar-refractivity contribution in [2.45, 2.75) is 241 Å². The van der Waals surface area contributed by atoms with Crippen LogP contribution in [0.2, 0.25) is 0 Å². The molecule has 3 aromatic carbocycles. The number of phenolic OH excluding ortho intramolecular Hbond substituents is 1. The highest BCUT2D eigenvalue weighted by molar-refractivity contribution is 6.03. The Morgan fingerprint density at radius 2 is 1.02 bits per heavy atom. The smallest absolute Gasteiger partial charge is 0.246 e. The zero-order valence-electron chi connectivity index (χ0n) is 77.3. The predicted molar refractivity (Wildman–Crippen MR) is 495 cm³/mol. The number of carbonyl (C=O) groups is 17. The number of rotatable bonds is 26. The minimum absolute atomic E-state index is 0.00177. The number of aliphatic hydroxyl groups is 1. The van der Waals surface area contributed by atoms with Gasteiger partial charge >= 0.3 is 0 Å². The van der Waals surface area contributed by atoms with Crippen molar-refractivity contribution in [2.24, 2.45) is 23.1 Å². The van der Waals surface area contributed by atoms with Crippen LogP contribution in [0.4, 0.5) is 0 Å². The van der Waals surface area contributed by atoms with Crippen molar-refractivity contribution in [3.8, 4) is 5.75 Å². The van der Waals surface area contributed by atoms with Crippen LogP contribution in [0.3, 0.4) is 0 Å². The number of benzene rings is 3. The Kier molecular flexibility index (Phi) is 38.7. The van der Waals surface area contributed by atoms with E-state index < -0.39 is 217 Å². The van der Waals surface area contributed by atoms with Crippen LogP contribution in [-0.2, 0) is 107 Å². The van der Waals surface area contributed by atoms with Gasteiger partial charge in [0, 0.05) is 113 Å². The third-order valence-electron chi connectivity index (χ3n) is 24.4. The lowest BCUT2D eigenvalue weighted by Crippen LogP contribution is -2.62. The largest absolute Gasteiger partial charge is 0.508 e. The van der Waals surface area contributed by atoms with E-state index in [2.05, 4.69) is 78.4 Å². The molecule has 3 aromatic heterocycles. The van der Waals surface area contributed by atoms with Crippen LogP contribution < -0.4 is 75.7 Å². The summed E-state index contributed by atoms with van der Waals surface area (Å²) < 4.78 is 0. The number of primary amides is 2. The minimum atomic E-state index is -1.85. The molecule has 6 aromatic rings. The number of aliphatic hydroxyl groups excluding tert-OH is 1. The van der Waals surface area contributed by atoms with Crippen LogP contribution in [0.25, 0.3) is 21.8 Å². The number of likely N-dealkylation sites (N-methyl/N-ethyl adjacent to an activating group) is 3. The van der Waals surface area contributed by atoms with Crippen LogP contribution in [0, 0.1) is 11.3 Å². The number of nitrogens with zero attached hydrogens (tertiary/aromatic N) is 6. The van der Waals surface area contributed by atoms with Crippen LogP contribution in [0.1, 0.15) is 153 Å². The number of H-pyrrole nitrogens is 3. The van der Waals surface area contributed by atoms with E-state index in [0.29, 0.717) is 69.9 Å².